The van der Waals surface area contributed by atoms with Gasteiger partial charge in [0.05, 0.1) is 21.0 Å². The predicted octanol–water partition coefficient (Wildman–Crippen LogP) is 6.11. The molecule has 11 heteroatoms. The Morgan fingerprint density at radius 1 is 0.879 bits per heavy atom. The maximum absolute atomic E-state index is 13.4. The molecule has 1 amide bonds. The Kier molecular flexibility index (Phi) is 5.85. The van der Waals surface area contributed by atoms with Gasteiger partial charge in [-0.05, 0) is 66.0 Å². The van der Waals surface area contributed by atoms with Crippen LogP contribution in [0.4, 0.5) is 28.9 Å². The number of fused-ring (bicyclic) bond motifs is 1. The molecular formula is C22H14F4N2O3S2. The van der Waals surface area contributed by atoms with E-state index in [0.717, 1.165) is 35.6 Å². The monoisotopic (exact) mass is 494 g/mol. The lowest BCUT2D eigenvalue weighted by Crippen LogP contribution is -2.14. The Labute approximate surface area is 189 Å². The van der Waals surface area contributed by atoms with Crippen molar-refractivity contribution in [2.45, 2.75) is 11.1 Å². The molecule has 5 nitrogen and oxygen atoms in total. The summed E-state index contributed by atoms with van der Waals surface area (Å²) >= 11 is 1.03. The molecule has 170 valence electrons. The van der Waals surface area contributed by atoms with Crippen LogP contribution in [-0.4, -0.2) is 14.3 Å². The van der Waals surface area contributed by atoms with E-state index in [-0.39, 0.29) is 26.5 Å². The molecule has 3 aromatic carbocycles. The van der Waals surface area contributed by atoms with Crippen LogP contribution in [-0.2, 0) is 16.2 Å². The van der Waals surface area contributed by atoms with E-state index in [4.69, 9.17) is 0 Å². The van der Waals surface area contributed by atoms with E-state index in [1.807, 2.05) is 0 Å². The topological polar surface area (TPSA) is 75.3 Å². The highest BCUT2D eigenvalue weighted by Crippen LogP contribution is 2.34. The highest BCUT2D eigenvalue weighted by Gasteiger charge is 2.30. The zero-order chi connectivity index (χ0) is 23.8. The minimum atomic E-state index is -4.49. The summed E-state index contributed by atoms with van der Waals surface area (Å²) in [5, 5.41) is 2.88. The van der Waals surface area contributed by atoms with E-state index in [9.17, 15) is 30.8 Å². The number of rotatable bonds is 5. The van der Waals surface area contributed by atoms with Crippen molar-refractivity contribution in [1.82, 2.24) is 0 Å². The third kappa shape index (κ3) is 5.15. The summed E-state index contributed by atoms with van der Waals surface area (Å²) in [7, 11) is -4.06. The van der Waals surface area contributed by atoms with Crippen LogP contribution < -0.4 is 10.0 Å². The van der Waals surface area contributed by atoms with Gasteiger partial charge in [-0.25, -0.2) is 12.8 Å². The number of anilines is 2. The number of nitrogens with one attached hydrogen (secondary N) is 2. The van der Waals surface area contributed by atoms with Crippen LogP contribution in [0.5, 0.6) is 0 Å². The van der Waals surface area contributed by atoms with Gasteiger partial charge in [-0.15, -0.1) is 11.3 Å². The second-order valence-corrected chi connectivity index (χ2v) is 9.72. The van der Waals surface area contributed by atoms with Crippen molar-refractivity contribution in [1.29, 1.82) is 0 Å². The van der Waals surface area contributed by atoms with Crippen LogP contribution >= 0.6 is 11.3 Å². The Morgan fingerprint density at radius 2 is 1.61 bits per heavy atom. The van der Waals surface area contributed by atoms with Crippen molar-refractivity contribution in [3.8, 4) is 0 Å². The van der Waals surface area contributed by atoms with Gasteiger partial charge in [-0.3, -0.25) is 9.52 Å². The Bertz CT molecular complexity index is 1460. The average molecular weight is 494 g/mol. The first kappa shape index (κ1) is 22.7. The van der Waals surface area contributed by atoms with Crippen molar-refractivity contribution < 1.29 is 30.8 Å². The van der Waals surface area contributed by atoms with E-state index >= 15 is 0 Å². The molecule has 0 unspecified atom stereocenters. The number of alkyl halides is 3. The lowest BCUT2D eigenvalue weighted by atomic mass is 10.1. The van der Waals surface area contributed by atoms with Crippen LogP contribution in [0.25, 0.3) is 10.1 Å². The molecule has 1 heterocycles. The molecular weight excluding hydrogens is 480 g/mol. The van der Waals surface area contributed by atoms with Gasteiger partial charge in [0.25, 0.3) is 15.9 Å². The molecule has 0 bridgehead atoms. The molecule has 0 spiro atoms. The number of halogens is 4. The Morgan fingerprint density at radius 3 is 2.33 bits per heavy atom. The van der Waals surface area contributed by atoms with E-state index in [0.29, 0.717) is 4.70 Å². The van der Waals surface area contributed by atoms with E-state index in [1.54, 1.807) is 0 Å². The second kappa shape index (κ2) is 8.49. The van der Waals surface area contributed by atoms with Gasteiger partial charge in [-0.1, -0.05) is 12.1 Å². The number of sulfonamides is 1. The molecule has 2 N–H and O–H groups in total. The van der Waals surface area contributed by atoms with Crippen LogP contribution in [0.2, 0.25) is 0 Å². The maximum Gasteiger partial charge on any atom is 0.416 e. The van der Waals surface area contributed by atoms with E-state index in [2.05, 4.69) is 10.0 Å². The van der Waals surface area contributed by atoms with Crippen molar-refractivity contribution in [3.63, 3.8) is 0 Å². The average Bonchev–Trinajstić information content (AvgIpc) is 3.17. The molecule has 0 atom stereocenters. The zero-order valence-electron chi connectivity index (χ0n) is 16.5. The molecule has 0 aliphatic rings. The minimum Gasteiger partial charge on any atom is -0.321 e. The number of carbonyl (C=O) groups excluding carboxylic acids is 1. The summed E-state index contributed by atoms with van der Waals surface area (Å²) in [4.78, 5) is 12.5. The predicted molar refractivity (Wildman–Crippen MR) is 118 cm³/mol. The molecule has 4 aromatic rings. The fourth-order valence-electron chi connectivity index (χ4n) is 3.03. The standard InChI is InChI=1S/C22H14F4N2O3S2/c23-15-3-1-6-18(11-15)33(30,31)28-17-5-2-4-16(12-17)27-21(29)20-10-13-9-14(22(24,25)26)7-8-19(13)32-20/h1-12,28H,(H,27,29). The van der Waals surface area contributed by atoms with Gasteiger partial charge in [-0.2, -0.15) is 13.2 Å². The summed E-state index contributed by atoms with van der Waals surface area (Å²) in [6.45, 7) is 0. The normalized spacial score (nSPS) is 12.0. The van der Waals surface area contributed by atoms with E-state index in [1.165, 1.54) is 48.5 Å². The molecule has 0 radical (unpaired) electrons. The fraction of sp³-hybridized carbons (Fsp3) is 0.0455. The number of benzene rings is 3. The molecule has 0 fully saturated rings. The number of hydrogen-bond donors (Lipinski definition) is 2. The molecule has 0 aliphatic carbocycles. The largest absolute Gasteiger partial charge is 0.416 e. The first-order valence-electron chi connectivity index (χ1n) is 9.32. The second-order valence-electron chi connectivity index (χ2n) is 6.96. The summed E-state index contributed by atoms with van der Waals surface area (Å²) < 4.78 is 79.8. The first-order valence-corrected chi connectivity index (χ1v) is 11.6. The van der Waals surface area contributed by atoms with Gasteiger partial charge in [0.15, 0.2) is 0 Å². The number of carbonyl (C=O) groups is 1. The third-order valence-electron chi connectivity index (χ3n) is 4.55. The molecule has 0 aliphatic heterocycles. The summed E-state index contributed by atoms with van der Waals surface area (Å²) in [6, 6.07) is 14.9. The lowest BCUT2D eigenvalue weighted by molar-refractivity contribution is -0.137. The number of amides is 1. The minimum absolute atomic E-state index is 0.128. The number of thiophene rings is 1. The van der Waals surface area contributed by atoms with Crippen molar-refractivity contribution >= 4 is 48.7 Å². The SMILES string of the molecule is O=C(Nc1cccc(NS(=O)(=O)c2cccc(F)c2)c1)c1cc2cc(C(F)(F)F)ccc2s1. The molecule has 1 aromatic heterocycles. The molecule has 33 heavy (non-hydrogen) atoms. The molecule has 0 saturated carbocycles. The van der Waals surface area contributed by atoms with Gasteiger partial charge in [0.2, 0.25) is 0 Å². The van der Waals surface area contributed by atoms with Crippen LogP contribution in [0.3, 0.4) is 0 Å². The van der Waals surface area contributed by atoms with Crippen molar-refractivity contribution in [3.05, 3.63) is 89.1 Å². The fourth-order valence-corrected chi connectivity index (χ4v) is 5.05. The number of hydrogen-bond acceptors (Lipinski definition) is 4. The van der Waals surface area contributed by atoms with Gasteiger partial charge >= 0.3 is 6.18 Å². The quantitative estimate of drug-likeness (QED) is 0.329. The highest BCUT2D eigenvalue weighted by molar-refractivity contribution is 7.92. The van der Waals surface area contributed by atoms with Crippen molar-refractivity contribution in [2.75, 3.05) is 10.0 Å². The highest BCUT2D eigenvalue weighted by atomic mass is 32.2. The molecule has 0 saturated heterocycles. The summed E-state index contributed by atoms with van der Waals surface area (Å²) in [5.41, 5.74) is -0.422. The van der Waals surface area contributed by atoms with Crippen LogP contribution in [0.15, 0.2) is 77.7 Å². The third-order valence-corrected chi connectivity index (χ3v) is 7.04. The maximum atomic E-state index is 13.4. The van der Waals surface area contributed by atoms with Gasteiger partial charge in [0, 0.05) is 10.4 Å². The Hall–Kier alpha value is -3.44. The Balaban J connectivity index is 1.53. The van der Waals surface area contributed by atoms with Crippen LogP contribution in [0, 0.1) is 5.82 Å². The van der Waals surface area contributed by atoms with E-state index < -0.39 is 33.5 Å². The first-order chi connectivity index (χ1) is 15.5. The van der Waals surface area contributed by atoms with Crippen LogP contribution in [0.1, 0.15) is 15.2 Å². The van der Waals surface area contributed by atoms with Gasteiger partial charge in [0.1, 0.15) is 5.82 Å². The van der Waals surface area contributed by atoms with Gasteiger partial charge < -0.3 is 5.32 Å². The zero-order valence-corrected chi connectivity index (χ0v) is 18.1. The summed E-state index contributed by atoms with van der Waals surface area (Å²) in [6.07, 6.45) is -4.49. The lowest BCUT2D eigenvalue weighted by Gasteiger charge is -2.10. The summed E-state index contributed by atoms with van der Waals surface area (Å²) in [5.74, 6) is -1.26. The molecule has 4 rings (SSSR count). The van der Waals surface area contributed by atoms with Crippen molar-refractivity contribution in [2.24, 2.45) is 0 Å². The smallest absolute Gasteiger partial charge is 0.321 e.